The first-order chi connectivity index (χ1) is 12.3. The minimum Gasteiger partial charge on any atom is -0.406 e. The lowest BCUT2D eigenvalue weighted by Crippen LogP contribution is -2.54. The second-order valence-electron chi connectivity index (χ2n) is 7.34. The van der Waals surface area contributed by atoms with Crippen molar-refractivity contribution in [2.45, 2.75) is 19.2 Å². The third-order valence-electron chi connectivity index (χ3n) is 5.53. The van der Waals surface area contributed by atoms with Crippen molar-refractivity contribution in [2.75, 3.05) is 24.4 Å². The number of hydrogen-bond donors (Lipinski definition) is 0. The van der Waals surface area contributed by atoms with Crippen molar-refractivity contribution in [1.29, 1.82) is 0 Å². The van der Waals surface area contributed by atoms with Gasteiger partial charge in [-0.1, -0.05) is 5.57 Å². The van der Waals surface area contributed by atoms with Crippen LogP contribution in [0.4, 0.5) is 18.9 Å². The quantitative estimate of drug-likeness (QED) is 0.613. The molecule has 4 fully saturated rings. The standard InChI is InChI=1S/C18H18BF3N2O2/c19-24(14-1-3-15(4-2-14)26-18(20,21)22)17(25)7-16-12-5-11-6-13(16)10-23(8-11)9-12/h1-4,7,11-13H,5-6,8-10H2. The lowest BCUT2D eigenvalue weighted by Gasteiger charge is -2.53. The Bertz CT molecular complexity index is 703. The summed E-state index contributed by atoms with van der Waals surface area (Å²) < 4.78 is 40.5. The molecule has 0 spiro atoms. The molecule has 1 aliphatic carbocycles. The van der Waals surface area contributed by atoms with E-state index in [1.165, 1.54) is 24.3 Å². The van der Waals surface area contributed by atoms with Crippen molar-refractivity contribution >= 4 is 19.6 Å². The molecule has 0 N–H and O–H groups in total. The monoisotopic (exact) mass is 362 g/mol. The second-order valence-corrected chi connectivity index (χ2v) is 7.34. The number of anilines is 1. The van der Waals surface area contributed by atoms with Crippen LogP contribution in [-0.4, -0.2) is 44.8 Å². The number of carbonyl (C=O) groups excluding carboxylic acids is 1. The Labute approximate surface area is 151 Å². The highest BCUT2D eigenvalue weighted by Gasteiger charge is 2.44. The zero-order chi connectivity index (χ0) is 18.5. The molecule has 4 nitrogen and oxygen atoms in total. The van der Waals surface area contributed by atoms with Crippen LogP contribution in [0.5, 0.6) is 5.75 Å². The molecule has 26 heavy (non-hydrogen) atoms. The van der Waals surface area contributed by atoms with Crippen LogP contribution < -0.4 is 9.55 Å². The molecule has 2 atom stereocenters. The molecule has 8 heteroatoms. The van der Waals surface area contributed by atoms with Crippen LogP contribution in [0.25, 0.3) is 0 Å². The summed E-state index contributed by atoms with van der Waals surface area (Å²) in [5, 5.41) is 0. The van der Waals surface area contributed by atoms with Gasteiger partial charge >= 0.3 is 6.36 Å². The van der Waals surface area contributed by atoms with Crippen LogP contribution in [-0.2, 0) is 4.79 Å². The van der Waals surface area contributed by atoms with Crippen LogP contribution in [0, 0.1) is 17.8 Å². The van der Waals surface area contributed by atoms with E-state index in [-0.39, 0.29) is 11.7 Å². The van der Waals surface area contributed by atoms with E-state index < -0.39 is 6.36 Å². The average Bonchev–Trinajstić information content (AvgIpc) is 2.56. The van der Waals surface area contributed by atoms with Gasteiger partial charge in [-0.25, -0.2) is 0 Å². The number of piperidine rings is 3. The zero-order valence-corrected chi connectivity index (χ0v) is 14.1. The molecule has 136 valence electrons. The number of halogens is 3. The van der Waals surface area contributed by atoms with Gasteiger partial charge in [-0.2, -0.15) is 0 Å². The summed E-state index contributed by atoms with van der Waals surface area (Å²) >= 11 is 0. The maximum Gasteiger partial charge on any atom is 0.573 e. The third-order valence-corrected chi connectivity index (χ3v) is 5.53. The minimum atomic E-state index is -4.75. The summed E-state index contributed by atoms with van der Waals surface area (Å²) in [7, 11) is 5.89. The van der Waals surface area contributed by atoms with E-state index in [0.29, 0.717) is 17.5 Å². The van der Waals surface area contributed by atoms with Crippen molar-refractivity contribution < 1.29 is 22.7 Å². The number of benzene rings is 1. The Morgan fingerprint density at radius 2 is 1.77 bits per heavy atom. The highest BCUT2D eigenvalue weighted by molar-refractivity contribution is 6.33. The van der Waals surface area contributed by atoms with Crippen molar-refractivity contribution in [2.24, 2.45) is 17.8 Å². The molecule has 1 aromatic rings. The summed E-state index contributed by atoms with van der Waals surface area (Å²) in [4.78, 5) is 16.0. The topological polar surface area (TPSA) is 32.8 Å². The molecule has 4 aliphatic rings. The smallest absolute Gasteiger partial charge is 0.406 e. The SMILES string of the molecule is [B]N(C(=O)C=C1C2CC3CC1CN(C3)C2)c1ccc(OC(F)(F)F)cc1. The summed E-state index contributed by atoms with van der Waals surface area (Å²) in [5.41, 5.74) is 1.49. The van der Waals surface area contributed by atoms with Crippen molar-refractivity contribution in [3.63, 3.8) is 0 Å². The van der Waals surface area contributed by atoms with Crippen LogP contribution in [0.3, 0.4) is 0 Å². The number of carbonyl (C=O) groups is 1. The normalized spacial score (nSPS) is 29.6. The van der Waals surface area contributed by atoms with Crippen molar-refractivity contribution in [3.8, 4) is 5.75 Å². The molecule has 1 amide bonds. The number of amides is 1. The minimum absolute atomic E-state index is 0.314. The van der Waals surface area contributed by atoms with Crippen LogP contribution in [0.15, 0.2) is 35.9 Å². The highest BCUT2D eigenvalue weighted by atomic mass is 19.4. The molecule has 3 saturated heterocycles. The van der Waals surface area contributed by atoms with Gasteiger partial charge in [-0.15, -0.1) is 13.2 Å². The Hall–Kier alpha value is -1.96. The van der Waals surface area contributed by atoms with E-state index >= 15 is 0 Å². The predicted octanol–water partition coefficient (Wildman–Crippen LogP) is 2.90. The molecular weight excluding hydrogens is 344 g/mol. The largest absolute Gasteiger partial charge is 0.573 e. The lowest BCUT2D eigenvalue weighted by atomic mass is 9.65. The number of hydrogen-bond acceptors (Lipinski definition) is 3. The maximum absolute atomic E-state index is 12.5. The zero-order valence-electron chi connectivity index (χ0n) is 14.1. The van der Waals surface area contributed by atoms with Crippen LogP contribution in [0.1, 0.15) is 12.8 Å². The molecule has 1 aromatic carbocycles. The van der Waals surface area contributed by atoms with Gasteiger partial charge < -0.3 is 14.4 Å². The van der Waals surface area contributed by atoms with Gasteiger partial charge in [0.2, 0.25) is 13.9 Å². The Morgan fingerprint density at radius 1 is 1.15 bits per heavy atom. The first-order valence-corrected chi connectivity index (χ1v) is 8.67. The molecule has 4 bridgehead atoms. The molecule has 5 rings (SSSR count). The molecule has 3 aliphatic heterocycles. The number of alkyl halides is 3. The molecule has 2 radical (unpaired) electrons. The molecule has 1 saturated carbocycles. The van der Waals surface area contributed by atoms with Crippen LogP contribution in [0.2, 0.25) is 0 Å². The third kappa shape index (κ3) is 3.47. The van der Waals surface area contributed by atoms with Gasteiger partial charge in [0, 0.05) is 31.4 Å². The molecule has 0 aromatic heterocycles. The Kier molecular flexibility index (Phi) is 4.25. The van der Waals surface area contributed by atoms with E-state index in [0.717, 1.165) is 48.8 Å². The molecule has 2 unspecified atom stereocenters. The first kappa shape index (κ1) is 17.5. The van der Waals surface area contributed by atoms with Crippen molar-refractivity contribution in [3.05, 3.63) is 35.9 Å². The van der Waals surface area contributed by atoms with E-state index in [4.69, 9.17) is 7.98 Å². The molecule has 3 heterocycles. The number of ether oxygens (including phenoxy) is 1. The van der Waals surface area contributed by atoms with E-state index in [2.05, 4.69) is 9.64 Å². The second kappa shape index (κ2) is 6.34. The summed E-state index contributed by atoms with van der Waals surface area (Å²) in [6, 6.07) is 4.94. The van der Waals surface area contributed by atoms with Crippen LogP contribution >= 0.6 is 0 Å². The van der Waals surface area contributed by atoms with Gasteiger partial charge in [-0.05, 0) is 54.9 Å². The molecular formula is C18H18BF3N2O2. The van der Waals surface area contributed by atoms with Gasteiger partial charge in [0.15, 0.2) is 0 Å². The van der Waals surface area contributed by atoms with Gasteiger partial charge in [0.1, 0.15) is 5.75 Å². The summed E-state index contributed by atoms with van der Waals surface area (Å²) in [6.45, 7) is 3.17. The van der Waals surface area contributed by atoms with E-state index in [1.54, 1.807) is 6.08 Å². The van der Waals surface area contributed by atoms with Gasteiger partial charge in [-0.3, -0.25) is 4.79 Å². The maximum atomic E-state index is 12.5. The van der Waals surface area contributed by atoms with E-state index in [9.17, 15) is 18.0 Å². The number of nitrogens with zero attached hydrogens (tertiary/aromatic N) is 2. The van der Waals surface area contributed by atoms with Gasteiger partial charge in [0.05, 0.1) is 0 Å². The van der Waals surface area contributed by atoms with E-state index in [1.807, 2.05) is 0 Å². The lowest BCUT2D eigenvalue weighted by molar-refractivity contribution is -0.274. The average molecular weight is 362 g/mol. The highest BCUT2D eigenvalue weighted by Crippen LogP contribution is 2.46. The fourth-order valence-corrected chi connectivity index (χ4v) is 4.61. The summed E-state index contributed by atoms with van der Waals surface area (Å²) in [6.07, 6.45) is -0.867. The Balaban J connectivity index is 1.46. The first-order valence-electron chi connectivity index (χ1n) is 8.67. The van der Waals surface area contributed by atoms with Crippen molar-refractivity contribution in [1.82, 2.24) is 4.90 Å². The predicted molar refractivity (Wildman–Crippen MR) is 90.6 cm³/mol. The Morgan fingerprint density at radius 3 is 2.31 bits per heavy atom. The summed E-state index contributed by atoms with van der Waals surface area (Å²) in [5.74, 6) is 0.861. The fraction of sp³-hybridized carbons (Fsp3) is 0.500. The van der Waals surface area contributed by atoms with Gasteiger partial charge in [0.25, 0.3) is 0 Å². The fourth-order valence-electron chi connectivity index (χ4n) is 4.61. The number of rotatable bonds is 3.